The summed E-state index contributed by atoms with van der Waals surface area (Å²) in [5.74, 6) is -0.264. The first-order chi connectivity index (χ1) is 14.5. The van der Waals surface area contributed by atoms with Gasteiger partial charge in [0.1, 0.15) is 6.61 Å². The van der Waals surface area contributed by atoms with Gasteiger partial charge in [0, 0.05) is 17.0 Å². The van der Waals surface area contributed by atoms with Crippen LogP contribution in [0.5, 0.6) is 5.95 Å². The molecule has 1 unspecified atom stereocenters. The second-order valence-corrected chi connectivity index (χ2v) is 6.82. The number of ether oxygens (including phenoxy) is 1. The Labute approximate surface area is 177 Å². The zero-order chi connectivity index (χ0) is 22.3. The first-order valence-electron chi connectivity index (χ1n) is 10.4. The fourth-order valence-corrected chi connectivity index (χ4v) is 3.27. The maximum absolute atomic E-state index is 12.9. The summed E-state index contributed by atoms with van der Waals surface area (Å²) in [5, 5.41) is 10.0. The zero-order valence-corrected chi connectivity index (χ0v) is 18.3. The quantitative estimate of drug-likeness (QED) is 0.552. The largest absolute Gasteiger partial charge is 0.462 e. The van der Waals surface area contributed by atoms with Crippen molar-refractivity contribution in [3.8, 4) is 5.95 Å². The number of benzene rings is 2. The van der Waals surface area contributed by atoms with E-state index in [9.17, 15) is 9.59 Å². The van der Waals surface area contributed by atoms with E-state index in [0.29, 0.717) is 21.9 Å². The lowest BCUT2D eigenvalue weighted by molar-refractivity contribution is 0.0966. The van der Waals surface area contributed by atoms with Crippen LogP contribution < -0.4 is 10.4 Å². The van der Waals surface area contributed by atoms with E-state index in [1.54, 1.807) is 13.0 Å². The molecule has 2 aromatic carbocycles. The van der Waals surface area contributed by atoms with Gasteiger partial charge in [-0.15, -0.1) is 0 Å². The van der Waals surface area contributed by atoms with Crippen LogP contribution in [0.2, 0.25) is 0 Å². The van der Waals surface area contributed by atoms with Gasteiger partial charge in [-0.3, -0.25) is 4.79 Å². The Morgan fingerprint density at radius 2 is 1.87 bits per heavy atom. The molecule has 1 heterocycles. The van der Waals surface area contributed by atoms with Crippen molar-refractivity contribution in [2.24, 2.45) is 0 Å². The number of fused-ring (bicyclic) bond motifs is 1. The average molecular weight is 411 g/mol. The Kier molecular flexibility index (Phi) is 8.36. The predicted molar refractivity (Wildman–Crippen MR) is 120 cm³/mol. The molecule has 0 spiro atoms. The molecule has 0 fully saturated rings. The topological polar surface area (TPSA) is 76.7 Å². The van der Waals surface area contributed by atoms with Crippen molar-refractivity contribution in [2.45, 2.75) is 47.0 Å². The highest BCUT2D eigenvalue weighted by Crippen LogP contribution is 2.28. The molecule has 160 valence electrons. The zero-order valence-electron chi connectivity index (χ0n) is 18.3. The molecule has 0 saturated carbocycles. The van der Waals surface area contributed by atoms with E-state index in [-0.39, 0.29) is 30.9 Å². The lowest BCUT2D eigenvalue weighted by atomic mass is 9.90. The van der Waals surface area contributed by atoms with Crippen LogP contribution >= 0.6 is 0 Å². The predicted octanol–water partition coefficient (Wildman–Crippen LogP) is 5.05. The number of Topliss-reactive ketones (excluding diaryl/α,β-unsaturated/α-hetero) is 1. The third-order valence-corrected chi connectivity index (χ3v) is 5.00. The number of hydrogen-bond acceptors (Lipinski definition) is 5. The standard InChI is InChI=1S/C23H24O5.C2H6/c1-4-16-6-5-7-18(12-16)21(25)14(2)17-8-9-19-15(3)23(27-11-10-24)28-22(26)20(19)13-17;1-2/h5-9,12-14,24H,4,10-11H2,1-3H3;1-2H3. The summed E-state index contributed by atoms with van der Waals surface area (Å²) in [6.07, 6.45) is 0.868. The van der Waals surface area contributed by atoms with Crippen LogP contribution in [-0.4, -0.2) is 24.1 Å². The highest BCUT2D eigenvalue weighted by molar-refractivity contribution is 6.01. The Morgan fingerprint density at radius 3 is 2.53 bits per heavy atom. The summed E-state index contributed by atoms with van der Waals surface area (Å²) in [6, 6.07) is 13.0. The lowest BCUT2D eigenvalue weighted by Crippen LogP contribution is -2.12. The molecule has 1 atom stereocenters. The summed E-state index contributed by atoms with van der Waals surface area (Å²) in [4.78, 5) is 25.3. The van der Waals surface area contributed by atoms with Crippen molar-refractivity contribution in [1.82, 2.24) is 0 Å². The van der Waals surface area contributed by atoms with Crippen LogP contribution in [0.4, 0.5) is 0 Å². The molecule has 0 aliphatic heterocycles. The molecule has 0 radical (unpaired) electrons. The van der Waals surface area contributed by atoms with Crippen LogP contribution in [0.3, 0.4) is 0 Å². The minimum atomic E-state index is -0.525. The Morgan fingerprint density at radius 1 is 1.13 bits per heavy atom. The van der Waals surface area contributed by atoms with Crippen LogP contribution in [0.15, 0.2) is 51.7 Å². The van der Waals surface area contributed by atoms with E-state index >= 15 is 0 Å². The summed E-state index contributed by atoms with van der Waals surface area (Å²) in [7, 11) is 0. The number of carbonyl (C=O) groups is 1. The molecule has 30 heavy (non-hydrogen) atoms. The van der Waals surface area contributed by atoms with Crippen LogP contribution in [0.25, 0.3) is 10.8 Å². The van der Waals surface area contributed by atoms with Crippen molar-refractivity contribution < 1.29 is 19.1 Å². The first kappa shape index (κ1) is 23.4. The maximum atomic E-state index is 12.9. The lowest BCUT2D eigenvalue weighted by Gasteiger charge is -2.14. The van der Waals surface area contributed by atoms with Crippen LogP contribution in [-0.2, 0) is 6.42 Å². The van der Waals surface area contributed by atoms with Crippen molar-refractivity contribution in [1.29, 1.82) is 0 Å². The molecule has 5 nitrogen and oxygen atoms in total. The molecule has 1 N–H and O–H groups in total. The molecule has 3 aromatic rings. The van der Waals surface area contributed by atoms with Crippen molar-refractivity contribution in [2.75, 3.05) is 13.2 Å². The normalized spacial score (nSPS) is 11.5. The Hall–Kier alpha value is -2.92. The van der Waals surface area contributed by atoms with Gasteiger partial charge in [0.15, 0.2) is 5.78 Å². The third kappa shape index (κ3) is 4.97. The van der Waals surface area contributed by atoms with Gasteiger partial charge >= 0.3 is 5.63 Å². The van der Waals surface area contributed by atoms with Gasteiger partial charge in [-0.25, -0.2) is 4.79 Å². The fraction of sp³-hybridized carbons (Fsp3) is 0.360. The summed E-state index contributed by atoms with van der Waals surface area (Å²) >= 11 is 0. The molecule has 0 amide bonds. The summed E-state index contributed by atoms with van der Waals surface area (Å²) in [6.45, 7) is 9.57. The van der Waals surface area contributed by atoms with E-state index in [1.807, 2.05) is 57.2 Å². The summed E-state index contributed by atoms with van der Waals surface area (Å²) < 4.78 is 10.6. The number of ketones is 1. The number of aliphatic hydroxyl groups excluding tert-OH is 1. The van der Waals surface area contributed by atoms with Crippen molar-refractivity contribution in [3.05, 3.63) is 75.1 Å². The average Bonchev–Trinajstić information content (AvgIpc) is 2.80. The highest BCUT2D eigenvalue weighted by atomic mass is 16.6. The monoisotopic (exact) mass is 410 g/mol. The SMILES string of the molecule is CC.CCc1cccc(C(=O)C(C)c2ccc3c(C)c(OCCO)oc(=O)c3c2)c1. The van der Waals surface area contributed by atoms with Gasteiger partial charge in [-0.1, -0.05) is 58.0 Å². The molecule has 0 saturated heterocycles. The second-order valence-electron chi connectivity index (χ2n) is 6.82. The highest BCUT2D eigenvalue weighted by Gasteiger charge is 2.20. The molecule has 5 heteroatoms. The number of hydrogen-bond donors (Lipinski definition) is 1. The maximum Gasteiger partial charge on any atom is 0.346 e. The molecule has 1 aromatic heterocycles. The van der Waals surface area contributed by atoms with E-state index in [1.165, 1.54) is 0 Å². The number of aryl methyl sites for hydroxylation is 2. The van der Waals surface area contributed by atoms with Gasteiger partial charge in [-0.2, -0.15) is 0 Å². The smallest absolute Gasteiger partial charge is 0.346 e. The van der Waals surface area contributed by atoms with Crippen molar-refractivity contribution >= 4 is 16.6 Å². The van der Waals surface area contributed by atoms with Gasteiger partial charge < -0.3 is 14.3 Å². The fourth-order valence-electron chi connectivity index (χ4n) is 3.27. The first-order valence-corrected chi connectivity index (χ1v) is 10.4. The van der Waals surface area contributed by atoms with E-state index in [2.05, 4.69) is 6.92 Å². The van der Waals surface area contributed by atoms with E-state index in [0.717, 1.165) is 17.5 Å². The Bertz CT molecular complexity index is 1060. The number of rotatable bonds is 7. The van der Waals surface area contributed by atoms with Gasteiger partial charge in [0.25, 0.3) is 5.95 Å². The van der Waals surface area contributed by atoms with Crippen molar-refractivity contribution in [3.63, 3.8) is 0 Å². The minimum Gasteiger partial charge on any atom is -0.462 e. The molecule has 0 bridgehead atoms. The van der Waals surface area contributed by atoms with Gasteiger partial charge in [-0.05, 0) is 42.0 Å². The number of carbonyl (C=O) groups excluding carboxylic acids is 1. The molecular weight excluding hydrogens is 380 g/mol. The van der Waals surface area contributed by atoms with E-state index in [4.69, 9.17) is 14.3 Å². The van der Waals surface area contributed by atoms with Gasteiger partial charge in [0.05, 0.1) is 12.0 Å². The van der Waals surface area contributed by atoms with E-state index < -0.39 is 5.63 Å². The summed E-state index contributed by atoms with van der Waals surface area (Å²) in [5.41, 5.74) is 2.70. The molecular formula is C25H30O5. The van der Waals surface area contributed by atoms with Gasteiger partial charge in [0.2, 0.25) is 0 Å². The minimum absolute atomic E-state index is 0.0126. The second kappa shape index (κ2) is 10.7. The molecule has 3 rings (SSSR count). The van der Waals surface area contributed by atoms with Crippen LogP contribution in [0, 0.1) is 6.92 Å². The Balaban J connectivity index is 0.00000155. The van der Waals surface area contributed by atoms with Crippen LogP contribution in [0.1, 0.15) is 60.7 Å². The molecule has 0 aliphatic carbocycles. The number of aliphatic hydroxyl groups is 1. The molecule has 0 aliphatic rings. The third-order valence-electron chi connectivity index (χ3n) is 5.00.